The van der Waals surface area contributed by atoms with Crippen LogP contribution in [-0.4, -0.2) is 50.3 Å². The molecule has 1 spiro atoms. The van der Waals surface area contributed by atoms with Gasteiger partial charge in [0.2, 0.25) is 5.91 Å². The highest BCUT2D eigenvalue weighted by Gasteiger charge is 2.50. The molecule has 4 heterocycles. The number of nitrogens with zero attached hydrogens (tertiary/aromatic N) is 4. The molecule has 1 amide bonds. The van der Waals surface area contributed by atoms with E-state index in [1.54, 1.807) is 0 Å². The van der Waals surface area contributed by atoms with Gasteiger partial charge in [-0.2, -0.15) is 0 Å². The lowest BCUT2D eigenvalue weighted by Gasteiger charge is -2.50. The summed E-state index contributed by atoms with van der Waals surface area (Å²) in [4.78, 5) is 30.4. The van der Waals surface area contributed by atoms with Crippen molar-refractivity contribution in [1.82, 2.24) is 24.8 Å². The van der Waals surface area contributed by atoms with Crippen molar-refractivity contribution in [3.8, 4) is 0 Å². The molecule has 30 heavy (non-hydrogen) atoms. The van der Waals surface area contributed by atoms with Gasteiger partial charge in [-0.15, -0.1) is 0 Å². The second-order valence-corrected chi connectivity index (χ2v) is 9.04. The number of aromatic amines is 1. The molecule has 3 aliphatic rings. The fraction of sp³-hybridized carbons (Fsp3) is 0.458. The van der Waals surface area contributed by atoms with Crippen molar-refractivity contribution in [2.24, 2.45) is 5.92 Å². The Kier molecular flexibility index (Phi) is 4.16. The number of aromatic nitrogens is 3. The molecule has 6 heteroatoms. The second kappa shape index (κ2) is 6.91. The van der Waals surface area contributed by atoms with Gasteiger partial charge in [-0.05, 0) is 43.4 Å². The number of hydrogen-bond acceptors (Lipinski definition) is 4. The highest BCUT2D eigenvalue weighted by atomic mass is 16.2. The fourth-order valence-electron chi connectivity index (χ4n) is 5.48. The first-order valence-corrected chi connectivity index (χ1v) is 11.1. The average Bonchev–Trinajstić information content (AvgIpc) is 3.52. The van der Waals surface area contributed by atoms with Crippen LogP contribution in [0.1, 0.15) is 42.6 Å². The summed E-state index contributed by atoms with van der Waals surface area (Å²) >= 11 is 0. The minimum Gasteiger partial charge on any atom is -0.348 e. The number of benzene rings is 1. The lowest BCUT2D eigenvalue weighted by molar-refractivity contribution is -0.143. The Balaban J connectivity index is 1.26. The van der Waals surface area contributed by atoms with E-state index in [1.807, 2.05) is 18.6 Å². The van der Waals surface area contributed by atoms with Crippen LogP contribution in [0.25, 0.3) is 10.9 Å². The molecule has 1 N–H and O–H groups in total. The molecule has 6 nitrogen and oxygen atoms in total. The summed E-state index contributed by atoms with van der Waals surface area (Å²) in [6.07, 6.45) is 8.57. The number of pyridine rings is 1. The maximum Gasteiger partial charge on any atom is 0.226 e. The number of carbonyl (C=O) groups excluding carboxylic acids is 1. The first-order valence-electron chi connectivity index (χ1n) is 11.1. The Morgan fingerprint density at radius 2 is 1.97 bits per heavy atom. The molecular formula is C24H27N5O. The molecule has 2 fully saturated rings. The molecule has 3 aromatic rings. The number of imidazole rings is 1. The number of nitrogens with one attached hydrogen (secondary N) is 1. The van der Waals surface area contributed by atoms with Crippen LogP contribution < -0.4 is 0 Å². The van der Waals surface area contributed by atoms with Crippen molar-refractivity contribution in [2.75, 3.05) is 19.6 Å². The molecule has 1 saturated heterocycles. The number of rotatable bonds is 3. The van der Waals surface area contributed by atoms with Gasteiger partial charge < -0.3 is 9.88 Å². The van der Waals surface area contributed by atoms with Crippen LogP contribution in [0.4, 0.5) is 0 Å². The maximum absolute atomic E-state index is 13.2. The molecule has 2 aliphatic heterocycles. The average molecular weight is 402 g/mol. The van der Waals surface area contributed by atoms with Gasteiger partial charge >= 0.3 is 0 Å². The first-order chi connectivity index (χ1) is 14.7. The monoisotopic (exact) mass is 401 g/mol. The van der Waals surface area contributed by atoms with Crippen LogP contribution in [0.5, 0.6) is 0 Å². The molecule has 1 saturated carbocycles. The number of carbonyl (C=O) groups is 1. The lowest BCUT2D eigenvalue weighted by atomic mass is 9.78. The lowest BCUT2D eigenvalue weighted by Crippen LogP contribution is -2.58. The summed E-state index contributed by atoms with van der Waals surface area (Å²) < 4.78 is 0. The number of amides is 1. The van der Waals surface area contributed by atoms with Crippen LogP contribution in [0.15, 0.2) is 42.9 Å². The number of fused-ring (bicyclic) bond motifs is 3. The van der Waals surface area contributed by atoms with Gasteiger partial charge in [0.1, 0.15) is 0 Å². The van der Waals surface area contributed by atoms with E-state index < -0.39 is 0 Å². The predicted octanol–water partition coefficient (Wildman–Crippen LogP) is 3.24. The summed E-state index contributed by atoms with van der Waals surface area (Å²) in [6, 6.07) is 10.6. The highest BCUT2D eigenvalue weighted by Crippen LogP contribution is 2.45. The van der Waals surface area contributed by atoms with E-state index in [9.17, 15) is 4.79 Å². The summed E-state index contributed by atoms with van der Waals surface area (Å²) in [7, 11) is 0. The Morgan fingerprint density at radius 3 is 2.80 bits per heavy atom. The molecule has 0 atom stereocenters. The number of H-pyrrole nitrogens is 1. The quantitative estimate of drug-likeness (QED) is 0.732. The van der Waals surface area contributed by atoms with Crippen LogP contribution >= 0.6 is 0 Å². The van der Waals surface area contributed by atoms with E-state index in [2.05, 4.69) is 44.0 Å². The molecule has 1 aromatic carbocycles. The van der Waals surface area contributed by atoms with Crippen LogP contribution in [0.3, 0.4) is 0 Å². The third-order valence-electron chi connectivity index (χ3n) is 7.27. The number of likely N-dealkylation sites (tertiary alicyclic amines) is 1. The molecule has 2 aromatic heterocycles. The molecule has 0 bridgehead atoms. The Hall–Kier alpha value is -2.73. The SMILES string of the molecule is O=C(C1CC1)N1CCc2[nH]cnc2C12CCN(Cc1cccc3ncccc13)CC2. The zero-order chi connectivity index (χ0) is 20.1. The van der Waals surface area contributed by atoms with Gasteiger partial charge in [0, 0.05) is 55.8 Å². The van der Waals surface area contributed by atoms with Crippen molar-refractivity contribution in [3.05, 3.63) is 59.8 Å². The van der Waals surface area contributed by atoms with E-state index in [0.29, 0.717) is 5.91 Å². The van der Waals surface area contributed by atoms with Crippen LogP contribution in [0.2, 0.25) is 0 Å². The predicted molar refractivity (Wildman–Crippen MR) is 115 cm³/mol. The second-order valence-electron chi connectivity index (χ2n) is 9.04. The van der Waals surface area contributed by atoms with E-state index >= 15 is 0 Å². The van der Waals surface area contributed by atoms with E-state index in [0.717, 1.165) is 69.5 Å². The van der Waals surface area contributed by atoms with Gasteiger partial charge in [0.25, 0.3) is 0 Å². The van der Waals surface area contributed by atoms with Gasteiger partial charge in [-0.3, -0.25) is 14.7 Å². The number of hydrogen-bond donors (Lipinski definition) is 1. The summed E-state index contributed by atoms with van der Waals surface area (Å²) in [5.74, 6) is 0.612. The minimum absolute atomic E-state index is 0.232. The van der Waals surface area contributed by atoms with Crippen molar-refractivity contribution < 1.29 is 4.79 Å². The molecule has 0 unspecified atom stereocenters. The third kappa shape index (κ3) is 2.85. The molecule has 1 aliphatic carbocycles. The summed E-state index contributed by atoms with van der Waals surface area (Å²) in [5, 5.41) is 1.23. The minimum atomic E-state index is -0.232. The molecule has 0 radical (unpaired) electrons. The van der Waals surface area contributed by atoms with Gasteiger partial charge in [-0.1, -0.05) is 18.2 Å². The summed E-state index contributed by atoms with van der Waals surface area (Å²) in [6.45, 7) is 3.68. The van der Waals surface area contributed by atoms with E-state index in [4.69, 9.17) is 4.98 Å². The van der Waals surface area contributed by atoms with E-state index in [-0.39, 0.29) is 11.5 Å². The molecule has 6 rings (SSSR count). The number of piperidine rings is 1. The largest absolute Gasteiger partial charge is 0.348 e. The van der Waals surface area contributed by atoms with Crippen molar-refractivity contribution in [1.29, 1.82) is 0 Å². The maximum atomic E-state index is 13.2. The zero-order valence-corrected chi connectivity index (χ0v) is 17.2. The van der Waals surface area contributed by atoms with Gasteiger partial charge in [0.05, 0.1) is 23.1 Å². The van der Waals surface area contributed by atoms with Crippen molar-refractivity contribution in [2.45, 2.75) is 44.2 Å². The molecular weight excluding hydrogens is 374 g/mol. The smallest absolute Gasteiger partial charge is 0.226 e. The van der Waals surface area contributed by atoms with Gasteiger partial charge in [-0.25, -0.2) is 4.98 Å². The standard InChI is InChI=1S/C24H27N5O/c30-23(17-6-7-17)29-12-8-21-22(27-16-26-21)24(29)9-13-28(14-10-24)15-18-3-1-5-20-19(18)4-2-11-25-20/h1-5,11,16-17H,6-10,12-15H2,(H,26,27). The normalized spacial score (nSPS) is 21.1. The molecule has 154 valence electrons. The van der Waals surface area contributed by atoms with Crippen LogP contribution in [0, 0.1) is 5.92 Å². The Labute approximate surface area is 176 Å². The van der Waals surface area contributed by atoms with Crippen molar-refractivity contribution in [3.63, 3.8) is 0 Å². The zero-order valence-electron chi connectivity index (χ0n) is 17.2. The topological polar surface area (TPSA) is 65.1 Å². The first kappa shape index (κ1) is 18.1. The highest BCUT2D eigenvalue weighted by molar-refractivity contribution is 5.83. The third-order valence-corrected chi connectivity index (χ3v) is 7.27. The van der Waals surface area contributed by atoms with Crippen LogP contribution in [-0.2, 0) is 23.3 Å². The Bertz CT molecular complexity index is 1090. The fourth-order valence-corrected chi connectivity index (χ4v) is 5.48. The van der Waals surface area contributed by atoms with Crippen molar-refractivity contribution >= 4 is 16.8 Å². The summed E-state index contributed by atoms with van der Waals surface area (Å²) in [5.41, 5.74) is 4.49. The van der Waals surface area contributed by atoms with E-state index in [1.165, 1.54) is 16.6 Å². The Morgan fingerprint density at radius 1 is 1.10 bits per heavy atom. The van der Waals surface area contributed by atoms with Gasteiger partial charge in [0.15, 0.2) is 0 Å².